The Hall–Kier alpha value is -3.79. The maximum atomic E-state index is 11.8. The van der Waals surface area contributed by atoms with Gasteiger partial charge in [-0.3, -0.25) is 20.3 Å². The van der Waals surface area contributed by atoms with Crippen LogP contribution < -0.4 is 10.3 Å². The monoisotopic (exact) mass is 465 g/mol. The van der Waals surface area contributed by atoms with Crippen molar-refractivity contribution < 1.29 is 14.5 Å². The minimum absolute atomic E-state index is 0.0457. The van der Waals surface area contributed by atoms with Crippen molar-refractivity contribution >= 4 is 40.0 Å². The number of nitro benzene ring substituents is 1. The summed E-state index contributed by atoms with van der Waals surface area (Å²) in [5.41, 5.74) is 7.12. The summed E-state index contributed by atoms with van der Waals surface area (Å²) in [4.78, 5) is 29.3. The number of rotatable bonds is 8. The van der Waals surface area contributed by atoms with Crippen LogP contribution in [0.3, 0.4) is 0 Å². The van der Waals surface area contributed by atoms with Gasteiger partial charge in [0.05, 0.1) is 29.9 Å². The molecular formula is C23H23N5O4S. The molecule has 170 valence electrons. The number of hydrogen-bond acceptors (Lipinski definition) is 9. The number of hydrogen-bond donors (Lipinski definition) is 1. The third kappa shape index (κ3) is 5.53. The highest BCUT2D eigenvalue weighted by molar-refractivity contribution is 7.13. The minimum atomic E-state index is -0.358. The highest BCUT2D eigenvalue weighted by Gasteiger charge is 2.23. The number of benzene rings is 2. The van der Waals surface area contributed by atoms with Crippen molar-refractivity contribution in [3.05, 3.63) is 80.3 Å². The Morgan fingerprint density at radius 3 is 2.94 bits per heavy atom. The number of ether oxygens (including phenoxy) is 1. The lowest BCUT2D eigenvalue weighted by Crippen LogP contribution is -2.30. The van der Waals surface area contributed by atoms with E-state index < -0.39 is 0 Å². The first-order chi connectivity index (χ1) is 16.0. The molecule has 0 amide bonds. The van der Waals surface area contributed by atoms with Gasteiger partial charge in [0, 0.05) is 30.1 Å². The fraction of sp³-hybridized carbons (Fsp3) is 0.261. The van der Waals surface area contributed by atoms with Crippen molar-refractivity contribution in [1.82, 2.24) is 4.98 Å². The second kappa shape index (κ2) is 10.2. The molecule has 0 saturated carbocycles. The first-order valence-corrected chi connectivity index (χ1v) is 11.4. The van der Waals surface area contributed by atoms with Crippen LogP contribution in [0.4, 0.5) is 16.5 Å². The summed E-state index contributed by atoms with van der Waals surface area (Å²) < 4.78 is 4.91. The molecule has 3 aromatic rings. The molecule has 0 saturated heterocycles. The van der Waals surface area contributed by atoms with Gasteiger partial charge in [-0.25, -0.2) is 4.98 Å². The normalized spacial score (nSPS) is 13.1. The number of nitrogens with zero attached hydrogens (tertiary/aromatic N) is 4. The number of carbonyl (C=O) groups excluding carboxylic acids is 1. The van der Waals surface area contributed by atoms with Crippen LogP contribution in [-0.2, 0) is 28.9 Å². The summed E-state index contributed by atoms with van der Waals surface area (Å²) in [6.45, 7) is 3.45. The van der Waals surface area contributed by atoms with Crippen molar-refractivity contribution in [2.75, 3.05) is 23.5 Å². The highest BCUT2D eigenvalue weighted by Crippen LogP contribution is 2.32. The number of thiazole rings is 1. The number of fused-ring (bicyclic) bond motifs is 1. The Balaban J connectivity index is 1.44. The molecule has 0 atom stereocenters. The molecule has 33 heavy (non-hydrogen) atoms. The van der Waals surface area contributed by atoms with Crippen molar-refractivity contribution in [2.24, 2.45) is 5.10 Å². The fourth-order valence-electron chi connectivity index (χ4n) is 3.70. The summed E-state index contributed by atoms with van der Waals surface area (Å²) in [6.07, 6.45) is 2.46. The van der Waals surface area contributed by atoms with Gasteiger partial charge in [0.15, 0.2) is 0 Å². The number of carbonyl (C=O) groups is 1. The standard InChI is InChI=1S/C23H23N5O4S/c1-2-32-22(29)12-19-15-33-23(25-19)26-24-13-16-7-8-20(21(11-16)28(30)31)27-10-9-17-5-3-4-6-18(17)14-27/h3-8,11,13,15H,2,9-10,12,14H2,1H3,(H,25,26). The van der Waals surface area contributed by atoms with E-state index in [4.69, 9.17) is 4.74 Å². The van der Waals surface area contributed by atoms with E-state index in [-0.39, 0.29) is 23.0 Å². The molecule has 9 nitrogen and oxygen atoms in total. The molecule has 1 aromatic heterocycles. The number of aromatic nitrogens is 1. The molecule has 1 aliphatic heterocycles. The fourth-order valence-corrected chi connectivity index (χ4v) is 4.36. The zero-order valence-corrected chi connectivity index (χ0v) is 18.9. The summed E-state index contributed by atoms with van der Waals surface area (Å²) in [6, 6.07) is 13.3. The average molecular weight is 466 g/mol. The molecule has 10 heteroatoms. The molecule has 0 aliphatic carbocycles. The van der Waals surface area contributed by atoms with Crippen molar-refractivity contribution in [3.8, 4) is 0 Å². The Morgan fingerprint density at radius 2 is 2.15 bits per heavy atom. The van der Waals surface area contributed by atoms with E-state index >= 15 is 0 Å². The lowest BCUT2D eigenvalue weighted by molar-refractivity contribution is -0.384. The molecule has 0 spiro atoms. The number of nitro groups is 1. The number of anilines is 2. The van der Waals surface area contributed by atoms with Crippen molar-refractivity contribution in [2.45, 2.75) is 26.3 Å². The van der Waals surface area contributed by atoms with Crippen LogP contribution >= 0.6 is 11.3 Å². The quantitative estimate of drug-likeness (QED) is 0.230. The Kier molecular flexibility index (Phi) is 6.94. The summed E-state index contributed by atoms with van der Waals surface area (Å²) in [5, 5.41) is 18.2. The van der Waals surface area contributed by atoms with E-state index in [9.17, 15) is 14.9 Å². The lowest BCUT2D eigenvalue weighted by Gasteiger charge is -2.30. The van der Waals surface area contributed by atoms with Crippen LogP contribution in [-0.4, -0.2) is 35.2 Å². The maximum Gasteiger partial charge on any atom is 0.311 e. The Labute approximate surface area is 194 Å². The van der Waals surface area contributed by atoms with Gasteiger partial charge in [0.25, 0.3) is 5.69 Å². The zero-order chi connectivity index (χ0) is 23.2. The summed E-state index contributed by atoms with van der Waals surface area (Å²) >= 11 is 1.31. The van der Waals surface area contributed by atoms with Gasteiger partial charge in [0.1, 0.15) is 5.69 Å². The molecule has 2 heterocycles. The number of esters is 1. The molecule has 1 N–H and O–H groups in total. The molecule has 0 fully saturated rings. The second-order valence-corrected chi connectivity index (χ2v) is 8.30. The van der Waals surface area contributed by atoms with Gasteiger partial charge in [-0.05, 0) is 30.5 Å². The van der Waals surface area contributed by atoms with Crippen LogP contribution in [0.2, 0.25) is 0 Å². The lowest BCUT2D eigenvalue weighted by atomic mass is 9.99. The third-order valence-corrected chi connectivity index (χ3v) is 6.02. The minimum Gasteiger partial charge on any atom is -0.466 e. The molecule has 0 radical (unpaired) electrons. The van der Waals surface area contributed by atoms with Gasteiger partial charge >= 0.3 is 5.97 Å². The molecular weight excluding hydrogens is 442 g/mol. The van der Waals surface area contributed by atoms with E-state index in [1.54, 1.807) is 18.4 Å². The molecule has 1 aliphatic rings. The predicted molar refractivity (Wildman–Crippen MR) is 128 cm³/mol. The molecule has 2 aromatic carbocycles. The van der Waals surface area contributed by atoms with Crippen molar-refractivity contribution in [3.63, 3.8) is 0 Å². The van der Waals surface area contributed by atoms with Crippen LogP contribution in [0.5, 0.6) is 0 Å². The smallest absolute Gasteiger partial charge is 0.311 e. The average Bonchev–Trinajstić information content (AvgIpc) is 3.25. The van der Waals surface area contributed by atoms with Crippen LogP contribution in [0.15, 0.2) is 52.9 Å². The predicted octanol–water partition coefficient (Wildman–Crippen LogP) is 4.17. The largest absolute Gasteiger partial charge is 0.466 e. The summed E-state index contributed by atoms with van der Waals surface area (Å²) in [5.74, 6) is -0.331. The van der Waals surface area contributed by atoms with Gasteiger partial charge in [-0.1, -0.05) is 30.3 Å². The Morgan fingerprint density at radius 1 is 1.33 bits per heavy atom. The van der Waals surface area contributed by atoms with E-state index in [1.165, 1.54) is 34.7 Å². The van der Waals surface area contributed by atoms with Gasteiger partial charge < -0.3 is 9.64 Å². The first kappa shape index (κ1) is 22.4. The van der Waals surface area contributed by atoms with Gasteiger partial charge in [-0.15, -0.1) is 11.3 Å². The Bertz CT molecular complexity index is 1190. The first-order valence-electron chi connectivity index (χ1n) is 10.5. The third-order valence-electron chi connectivity index (χ3n) is 5.22. The van der Waals surface area contributed by atoms with Gasteiger partial charge in [0.2, 0.25) is 5.13 Å². The topological polar surface area (TPSA) is 110 Å². The maximum absolute atomic E-state index is 11.8. The van der Waals surface area contributed by atoms with Crippen molar-refractivity contribution in [1.29, 1.82) is 0 Å². The van der Waals surface area contributed by atoms with Crippen LogP contribution in [0.25, 0.3) is 0 Å². The zero-order valence-electron chi connectivity index (χ0n) is 18.1. The SMILES string of the molecule is CCOC(=O)Cc1csc(NN=Cc2ccc(N3CCc4ccccc4C3)c([N+](=O)[O-])c2)n1. The van der Waals surface area contributed by atoms with E-state index in [1.807, 2.05) is 23.1 Å². The number of hydrazone groups is 1. The van der Waals surface area contributed by atoms with Crippen LogP contribution in [0.1, 0.15) is 29.3 Å². The van der Waals surface area contributed by atoms with E-state index in [2.05, 4.69) is 27.6 Å². The molecule has 0 bridgehead atoms. The van der Waals surface area contributed by atoms with E-state index in [0.29, 0.717) is 35.2 Å². The van der Waals surface area contributed by atoms with E-state index in [0.717, 1.165) is 13.0 Å². The number of nitrogens with one attached hydrogen (secondary N) is 1. The molecule has 0 unspecified atom stereocenters. The van der Waals surface area contributed by atoms with Gasteiger partial charge in [-0.2, -0.15) is 5.10 Å². The molecule has 4 rings (SSSR count). The highest BCUT2D eigenvalue weighted by atomic mass is 32.1. The van der Waals surface area contributed by atoms with Crippen LogP contribution in [0, 0.1) is 10.1 Å². The second-order valence-electron chi connectivity index (χ2n) is 7.44. The summed E-state index contributed by atoms with van der Waals surface area (Å²) in [7, 11) is 0.